The molecule has 0 bridgehead atoms. The molecule has 5 nitrogen and oxygen atoms in total. The van der Waals surface area contributed by atoms with E-state index in [1.54, 1.807) is 13.3 Å². The van der Waals surface area contributed by atoms with Gasteiger partial charge in [0.15, 0.2) is 0 Å². The van der Waals surface area contributed by atoms with Crippen molar-refractivity contribution in [2.75, 3.05) is 13.7 Å². The van der Waals surface area contributed by atoms with Crippen molar-refractivity contribution in [1.82, 2.24) is 10.3 Å². The van der Waals surface area contributed by atoms with E-state index in [1.807, 2.05) is 32.9 Å². The Hall–Kier alpha value is -1.17. The van der Waals surface area contributed by atoms with Crippen LogP contribution in [0.1, 0.15) is 32.8 Å². The zero-order chi connectivity index (χ0) is 15.2. The van der Waals surface area contributed by atoms with Crippen LogP contribution in [-0.2, 0) is 16.0 Å². The first-order valence-electron chi connectivity index (χ1n) is 7.64. The molecule has 1 aliphatic rings. The minimum Gasteiger partial charge on any atom is -0.475 e. The van der Waals surface area contributed by atoms with Gasteiger partial charge in [-0.15, -0.1) is 0 Å². The van der Waals surface area contributed by atoms with E-state index in [0.717, 1.165) is 25.1 Å². The van der Waals surface area contributed by atoms with E-state index in [-0.39, 0.29) is 18.3 Å². The second kappa shape index (κ2) is 7.73. The molecule has 0 radical (unpaired) electrons. The largest absolute Gasteiger partial charge is 0.475 e. The summed E-state index contributed by atoms with van der Waals surface area (Å²) in [5.41, 5.74) is 1.07. The van der Waals surface area contributed by atoms with Crippen LogP contribution in [0, 0.1) is 0 Å². The van der Waals surface area contributed by atoms with Crippen LogP contribution in [0.5, 0.6) is 5.88 Å². The Labute approximate surface area is 127 Å². The van der Waals surface area contributed by atoms with Crippen molar-refractivity contribution >= 4 is 0 Å². The van der Waals surface area contributed by atoms with Gasteiger partial charge in [-0.1, -0.05) is 6.07 Å². The van der Waals surface area contributed by atoms with E-state index in [9.17, 15) is 0 Å². The molecule has 3 atom stereocenters. The number of hydrogen-bond donors (Lipinski definition) is 1. The first kappa shape index (κ1) is 16.2. The Balaban J connectivity index is 1.89. The Morgan fingerprint density at radius 1 is 1.43 bits per heavy atom. The summed E-state index contributed by atoms with van der Waals surface area (Å²) in [6.45, 7) is 7.47. The number of aromatic nitrogens is 1. The molecular formula is C16H26N2O3. The monoisotopic (exact) mass is 294 g/mol. The van der Waals surface area contributed by atoms with Gasteiger partial charge in [0.05, 0.1) is 18.3 Å². The van der Waals surface area contributed by atoms with Crippen LogP contribution in [0.15, 0.2) is 18.3 Å². The van der Waals surface area contributed by atoms with Crippen molar-refractivity contribution in [3.8, 4) is 5.88 Å². The fourth-order valence-corrected chi connectivity index (χ4v) is 2.60. The number of ether oxygens (including phenoxy) is 3. The molecule has 1 heterocycles. The molecule has 1 aromatic rings. The first-order valence-corrected chi connectivity index (χ1v) is 7.64. The minimum absolute atomic E-state index is 0.121. The van der Waals surface area contributed by atoms with Crippen LogP contribution in [0.3, 0.4) is 0 Å². The molecule has 0 amide bonds. The number of rotatable bonds is 8. The Kier molecular flexibility index (Phi) is 5.96. The Bertz CT molecular complexity index is 439. The average molecular weight is 294 g/mol. The lowest BCUT2D eigenvalue weighted by Gasteiger charge is -2.43. The van der Waals surface area contributed by atoms with E-state index in [1.165, 1.54) is 0 Å². The van der Waals surface area contributed by atoms with Gasteiger partial charge in [0, 0.05) is 38.1 Å². The van der Waals surface area contributed by atoms with Gasteiger partial charge >= 0.3 is 0 Å². The molecule has 1 aliphatic carbocycles. The maximum atomic E-state index is 5.74. The van der Waals surface area contributed by atoms with Gasteiger partial charge < -0.3 is 19.5 Å². The van der Waals surface area contributed by atoms with Crippen LogP contribution >= 0.6 is 0 Å². The highest BCUT2D eigenvalue weighted by Crippen LogP contribution is 2.27. The third-order valence-corrected chi connectivity index (χ3v) is 3.65. The summed E-state index contributed by atoms with van der Waals surface area (Å²) in [4.78, 5) is 4.31. The first-order chi connectivity index (χ1) is 10.2. The predicted octanol–water partition coefficient (Wildman–Crippen LogP) is 2.15. The quantitative estimate of drug-likeness (QED) is 0.796. The summed E-state index contributed by atoms with van der Waals surface area (Å²) in [5, 5.41) is 3.51. The predicted molar refractivity (Wildman–Crippen MR) is 81.5 cm³/mol. The summed E-state index contributed by atoms with van der Waals surface area (Å²) in [6, 6.07) is 4.29. The van der Waals surface area contributed by atoms with Gasteiger partial charge in [-0.3, -0.25) is 0 Å². The van der Waals surface area contributed by atoms with E-state index in [2.05, 4.69) is 10.3 Å². The van der Waals surface area contributed by atoms with E-state index in [0.29, 0.717) is 11.9 Å². The third kappa shape index (κ3) is 4.15. The van der Waals surface area contributed by atoms with Crippen molar-refractivity contribution in [2.24, 2.45) is 0 Å². The third-order valence-electron chi connectivity index (χ3n) is 3.65. The van der Waals surface area contributed by atoms with Crippen LogP contribution in [0.2, 0.25) is 0 Å². The van der Waals surface area contributed by atoms with Crippen LogP contribution in [0.4, 0.5) is 0 Å². The van der Waals surface area contributed by atoms with Crippen molar-refractivity contribution in [2.45, 2.75) is 58.1 Å². The topological polar surface area (TPSA) is 52.6 Å². The van der Waals surface area contributed by atoms with E-state index < -0.39 is 0 Å². The lowest BCUT2D eigenvalue weighted by molar-refractivity contribution is -0.131. The molecule has 0 saturated heterocycles. The highest BCUT2D eigenvalue weighted by atomic mass is 16.5. The lowest BCUT2D eigenvalue weighted by atomic mass is 9.85. The smallest absolute Gasteiger partial charge is 0.218 e. The molecule has 5 heteroatoms. The van der Waals surface area contributed by atoms with Crippen LogP contribution < -0.4 is 10.1 Å². The highest BCUT2D eigenvalue weighted by molar-refractivity contribution is 5.25. The van der Waals surface area contributed by atoms with Crippen molar-refractivity contribution in [3.05, 3.63) is 23.9 Å². The SMILES string of the molecule is CCOC1CC(NCc2cccnc2OC(C)C)C1OC. The molecule has 3 unspecified atom stereocenters. The molecule has 118 valence electrons. The number of methoxy groups -OCH3 is 1. The van der Waals surface area contributed by atoms with Gasteiger partial charge in [0.1, 0.15) is 0 Å². The molecule has 1 N–H and O–H groups in total. The number of nitrogens with zero attached hydrogens (tertiary/aromatic N) is 1. The molecular weight excluding hydrogens is 268 g/mol. The standard InChI is InChI=1S/C16H26N2O3/c1-5-20-14-9-13(15(14)19-4)18-10-12-7-6-8-17-16(12)21-11(2)3/h6-8,11,13-15,18H,5,9-10H2,1-4H3. The fraction of sp³-hybridized carbons (Fsp3) is 0.688. The van der Waals surface area contributed by atoms with Gasteiger partial charge in [-0.2, -0.15) is 0 Å². The van der Waals surface area contributed by atoms with Gasteiger partial charge in [0.2, 0.25) is 5.88 Å². The summed E-state index contributed by atoms with van der Waals surface area (Å²) in [5.74, 6) is 0.703. The molecule has 0 aromatic carbocycles. The summed E-state index contributed by atoms with van der Waals surface area (Å²) in [7, 11) is 1.74. The molecule has 0 aliphatic heterocycles. The minimum atomic E-state index is 0.121. The maximum Gasteiger partial charge on any atom is 0.218 e. The number of hydrogen-bond acceptors (Lipinski definition) is 5. The van der Waals surface area contributed by atoms with E-state index >= 15 is 0 Å². The van der Waals surface area contributed by atoms with Crippen LogP contribution in [-0.4, -0.2) is 43.1 Å². The molecule has 1 fully saturated rings. The Morgan fingerprint density at radius 2 is 2.24 bits per heavy atom. The van der Waals surface area contributed by atoms with Gasteiger partial charge in [-0.25, -0.2) is 4.98 Å². The molecule has 2 rings (SSSR count). The number of pyridine rings is 1. The van der Waals surface area contributed by atoms with Crippen molar-refractivity contribution in [1.29, 1.82) is 0 Å². The maximum absolute atomic E-state index is 5.74. The van der Waals surface area contributed by atoms with Crippen molar-refractivity contribution in [3.63, 3.8) is 0 Å². The second-order valence-corrected chi connectivity index (χ2v) is 5.55. The van der Waals surface area contributed by atoms with Gasteiger partial charge in [0.25, 0.3) is 0 Å². The second-order valence-electron chi connectivity index (χ2n) is 5.55. The zero-order valence-corrected chi connectivity index (χ0v) is 13.3. The van der Waals surface area contributed by atoms with E-state index in [4.69, 9.17) is 14.2 Å². The summed E-state index contributed by atoms with van der Waals surface area (Å²) in [6.07, 6.45) is 3.19. The summed E-state index contributed by atoms with van der Waals surface area (Å²) < 4.78 is 16.9. The summed E-state index contributed by atoms with van der Waals surface area (Å²) >= 11 is 0. The average Bonchev–Trinajstić information content (AvgIpc) is 2.43. The molecule has 0 spiro atoms. The molecule has 1 aromatic heterocycles. The van der Waals surface area contributed by atoms with Gasteiger partial charge in [-0.05, 0) is 33.3 Å². The lowest BCUT2D eigenvalue weighted by Crippen LogP contribution is -2.59. The fourth-order valence-electron chi connectivity index (χ4n) is 2.60. The molecule has 1 saturated carbocycles. The molecule has 21 heavy (non-hydrogen) atoms. The van der Waals surface area contributed by atoms with Crippen LogP contribution in [0.25, 0.3) is 0 Å². The van der Waals surface area contributed by atoms with Crippen molar-refractivity contribution < 1.29 is 14.2 Å². The normalized spacial score (nSPS) is 24.9. The Morgan fingerprint density at radius 3 is 2.90 bits per heavy atom. The zero-order valence-electron chi connectivity index (χ0n) is 13.3. The highest BCUT2D eigenvalue weighted by Gasteiger charge is 2.41. The number of nitrogens with one attached hydrogen (secondary N) is 1.